The molecule has 3 atom stereocenters. The molecule has 2 rings (SSSR count). The van der Waals surface area contributed by atoms with Crippen LogP contribution in [0.25, 0.3) is 0 Å². The number of aliphatic hydroxyl groups is 1. The number of carboxylic acids is 1. The van der Waals surface area contributed by atoms with Crippen molar-refractivity contribution >= 4 is 11.8 Å². The highest BCUT2D eigenvalue weighted by molar-refractivity contribution is 5.87. The minimum atomic E-state index is -0.861. The second-order valence-corrected chi connectivity index (χ2v) is 8.15. The van der Waals surface area contributed by atoms with Crippen LogP contribution in [0.3, 0.4) is 0 Å². The van der Waals surface area contributed by atoms with Gasteiger partial charge in [0.05, 0.1) is 12.0 Å². The Labute approximate surface area is 168 Å². The molecule has 1 aliphatic carbocycles. The second kappa shape index (κ2) is 10.4. The number of carbonyl (C=O) groups excluding carboxylic acids is 1. The highest BCUT2D eigenvalue weighted by atomic mass is 16.4. The first kappa shape index (κ1) is 22.1. The number of carboxylic acid groups (broad SMARTS) is 1. The van der Waals surface area contributed by atoms with E-state index in [-0.39, 0.29) is 17.1 Å². The second-order valence-electron chi connectivity index (χ2n) is 8.15. The maximum absolute atomic E-state index is 11.8. The van der Waals surface area contributed by atoms with Crippen LogP contribution in [0.1, 0.15) is 57.9 Å². The van der Waals surface area contributed by atoms with Crippen molar-refractivity contribution in [2.45, 2.75) is 63.9 Å². The smallest absolute Gasteiger partial charge is 0.307 e. The summed E-state index contributed by atoms with van der Waals surface area (Å²) in [6, 6.07) is 9.94. The molecular formula is C24H32O4. The molecule has 1 fully saturated rings. The summed E-state index contributed by atoms with van der Waals surface area (Å²) < 4.78 is 0. The van der Waals surface area contributed by atoms with Crippen molar-refractivity contribution in [3.63, 3.8) is 0 Å². The monoisotopic (exact) mass is 384 g/mol. The van der Waals surface area contributed by atoms with Gasteiger partial charge in [0.2, 0.25) is 0 Å². The standard InChI is InChI=1S/C24H32O4/c1-24(2,18-12-7-6-8-13-18)22(26)17-10-5-3-4-9-14-20(23(27)28)19-15-11-16-21(19)25/h3-4,6-8,10,12-13,17,19-20,22,26H,5,9,11,14-16H2,1-2H3,(H,27,28)/b4-3+,17-10-/t19-,20+,22+/m1/s1. The van der Waals surface area contributed by atoms with E-state index in [1.54, 1.807) is 0 Å². The van der Waals surface area contributed by atoms with E-state index < -0.39 is 18.0 Å². The predicted octanol–water partition coefficient (Wildman–Crippen LogP) is 4.68. The molecule has 0 heterocycles. The molecule has 1 aromatic carbocycles. The summed E-state index contributed by atoms with van der Waals surface area (Å²) in [6.45, 7) is 4.03. The zero-order chi connectivity index (χ0) is 20.6. The maximum atomic E-state index is 11.8. The number of allylic oxidation sites excluding steroid dienone is 3. The third-order valence-electron chi connectivity index (χ3n) is 5.81. The summed E-state index contributed by atoms with van der Waals surface area (Å²) in [4.78, 5) is 23.3. The lowest BCUT2D eigenvalue weighted by molar-refractivity contribution is -0.146. The summed E-state index contributed by atoms with van der Waals surface area (Å²) in [5.74, 6) is -1.63. The van der Waals surface area contributed by atoms with Gasteiger partial charge in [-0.3, -0.25) is 9.59 Å². The number of benzene rings is 1. The Morgan fingerprint density at radius 3 is 2.54 bits per heavy atom. The van der Waals surface area contributed by atoms with Crippen molar-refractivity contribution in [3.8, 4) is 0 Å². The predicted molar refractivity (Wildman–Crippen MR) is 111 cm³/mol. The molecule has 2 N–H and O–H groups in total. The van der Waals surface area contributed by atoms with Crippen molar-refractivity contribution in [2.75, 3.05) is 0 Å². The van der Waals surface area contributed by atoms with Gasteiger partial charge >= 0.3 is 5.97 Å². The van der Waals surface area contributed by atoms with Crippen molar-refractivity contribution in [3.05, 3.63) is 60.2 Å². The van der Waals surface area contributed by atoms with Crippen LogP contribution in [0.2, 0.25) is 0 Å². The number of hydrogen-bond acceptors (Lipinski definition) is 3. The molecule has 4 heteroatoms. The maximum Gasteiger partial charge on any atom is 0.307 e. The van der Waals surface area contributed by atoms with E-state index in [1.807, 2.05) is 68.5 Å². The normalized spacial score (nSPS) is 20.1. The molecular weight excluding hydrogens is 352 g/mol. The van der Waals surface area contributed by atoms with Gasteiger partial charge in [0.1, 0.15) is 5.78 Å². The molecule has 152 valence electrons. The molecule has 1 saturated carbocycles. The first-order chi connectivity index (χ1) is 13.3. The minimum absolute atomic E-state index is 0.106. The number of hydrogen-bond donors (Lipinski definition) is 2. The third-order valence-corrected chi connectivity index (χ3v) is 5.81. The molecule has 0 unspecified atom stereocenters. The van der Waals surface area contributed by atoms with Crippen LogP contribution in [-0.2, 0) is 15.0 Å². The average molecular weight is 385 g/mol. The molecule has 0 aliphatic heterocycles. The van der Waals surface area contributed by atoms with Crippen LogP contribution in [0, 0.1) is 11.8 Å². The van der Waals surface area contributed by atoms with Crippen LogP contribution < -0.4 is 0 Å². The molecule has 28 heavy (non-hydrogen) atoms. The summed E-state index contributed by atoms with van der Waals surface area (Å²) in [7, 11) is 0. The number of carbonyl (C=O) groups is 2. The van der Waals surface area contributed by atoms with Gasteiger partial charge in [-0.05, 0) is 37.7 Å². The first-order valence-electron chi connectivity index (χ1n) is 10.1. The van der Waals surface area contributed by atoms with Crippen molar-refractivity contribution in [1.29, 1.82) is 0 Å². The Balaban J connectivity index is 1.78. The van der Waals surface area contributed by atoms with Gasteiger partial charge in [0, 0.05) is 17.8 Å². The van der Waals surface area contributed by atoms with E-state index in [9.17, 15) is 19.8 Å². The summed E-state index contributed by atoms with van der Waals surface area (Å²) in [5, 5.41) is 19.9. The van der Waals surface area contributed by atoms with Gasteiger partial charge in [-0.2, -0.15) is 0 Å². The number of aliphatic carboxylic acids is 1. The molecule has 0 amide bonds. The van der Waals surface area contributed by atoms with E-state index in [0.717, 1.165) is 12.0 Å². The zero-order valence-electron chi connectivity index (χ0n) is 16.9. The fraction of sp³-hybridized carbons (Fsp3) is 0.500. The Kier molecular flexibility index (Phi) is 8.18. The molecule has 0 aromatic heterocycles. The fourth-order valence-electron chi connectivity index (χ4n) is 3.82. The van der Waals surface area contributed by atoms with Crippen LogP contribution in [0.15, 0.2) is 54.6 Å². The minimum Gasteiger partial charge on any atom is -0.481 e. The largest absolute Gasteiger partial charge is 0.481 e. The first-order valence-corrected chi connectivity index (χ1v) is 10.1. The van der Waals surface area contributed by atoms with Gasteiger partial charge in [-0.15, -0.1) is 0 Å². The van der Waals surface area contributed by atoms with Crippen LogP contribution >= 0.6 is 0 Å². The number of aliphatic hydroxyl groups excluding tert-OH is 1. The molecule has 1 aliphatic rings. The van der Waals surface area contributed by atoms with Crippen LogP contribution in [0.5, 0.6) is 0 Å². The Bertz CT molecular complexity index is 703. The van der Waals surface area contributed by atoms with E-state index in [1.165, 1.54) is 0 Å². The molecule has 0 saturated heterocycles. The summed E-state index contributed by atoms with van der Waals surface area (Å²) in [5.41, 5.74) is 0.716. The lowest BCUT2D eigenvalue weighted by Crippen LogP contribution is -2.31. The lowest BCUT2D eigenvalue weighted by atomic mass is 9.79. The molecule has 0 spiro atoms. The average Bonchev–Trinajstić information content (AvgIpc) is 3.09. The summed E-state index contributed by atoms with van der Waals surface area (Å²) in [6.07, 6.45) is 11.0. The van der Waals surface area contributed by atoms with E-state index in [0.29, 0.717) is 32.1 Å². The lowest BCUT2D eigenvalue weighted by Gasteiger charge is -2.29. The van der Waals surface area contributed by atoms with Crippen molar-refractivity contribution in [1.82, 2.24) is 0 Å². The Morgan fingerprint density at radius 2 is 1.93 bits per heavy atom. The highest BCUT2D eigenvalue weighted by Gasteiger charge is 2.35. The fourth-order valence-corrected chi connectivity index (χ4v) is 3.82. The van der Waals surface area contributed by atoms with Crippen molar-refractivity contribution in [2.24, 2.45) is 11.8 Å². The highest BCUT2D eigenvalue weighted by Crippen LogP contribution is 2.31. The third kappa shape index (κ3) is 5.90. The van der Waals surface area contributed by atoms with Gasteiger partial charge in [0.25, 0.3) is 0 Å². The number of Topliss-reactive ketones (excluding diaryl/α,β-unsaturated/α-hetero) is 1. The topological polar surface area (TPSA) is 74.6 Å². The Morgan fingerprint density at radius 1 is 1.21 bits per heavy atom. The van der Waals surface area contributed by atoms with Gasteiger partial charge < -0.3 is 10.2 Å². The van der Waals surface area contributed by atoms with Crippen molar-refractivity contribution < 1.29 is 19.8 Å². The molecule has 0 bridgehead atoms. The zero-order valence-corrected chi connectivity index (χ0v) is 16.9. The van der Waals surface area contributed by atoms with Crippen LogP contribution in [0.4, 0.5) is 0 Å². The molecule has 1 aromatic rings. The molecule has 4 nitrogen and oxygen atoms in total. The Hall–Kier alpha value is -2.20. The van der Waals surface area contributed by atoms with E-state index in [4.69, 9.17) is 0 Å². The van der Waals surface area contributed by atoms with E-state index in [2.05, 4.69) is 0 Å². The van der Waals surface area contributed by atoms with Gasteiger partial charge in [-0.1, -0.05) is 68.5 Å². The van der Waals surface area contributed by atoms with Gasteiger partial charge in [-0.25, -0.2) is 0 Å². The quantitative estimate of drug-likeness (QED) is 0.575. The number of rotatable bonds is 10. The van der Waals surface area contributed by atoms with E-state index >= 15 is 0 Å². The van der Waals surface area contributed by atoms with Crippen LogP contribution in [-0.4, -0.2) is 28.1 Å². The SMILES string of the molecule is CC(C)(c1ccccc1)[C@@H](O)/C=C\C/C=C/CC[C@H](C(=O)O)[C@H]1CCCC1=O. The molecule has 0 radical (unpaired) electrons. The van der Waals surface area contributed by atoms with Gasteiger partial charge in [0.15, 0.2) is 0 Å². The number of ketones is 1. The summed E-state index contributed by atoms with van der Waals surface area (Å²) >= 11 is 0.